The molecule has 226 valence electrons. The van der Waals surface area contributed by atoms with Crippen LogP contribution < -0.4 is 0 Å². The van der Waals surface area contributed by atoms with Gasteiger partial charge in [0.2, 0.25) is 0 Å². The Bertz CT molecular complexity index is 1440. The lowest BCUT2D eigenvalue weighted by Gasteiger charge is -2.46. The second-order valence-corrected chi connectivity index (χ2v) is 10.3. The molecule has 6 nitrogen and oxygen atoms in total. The predicted molar refractivity (Wildman–Crippen MR) is 166 cm³/mol. The van der Waals surface area contributed by atoms with E-state index in [1.165, 1.54) is 0 Å². The highest BCUT2D eigenvalue weighted by Crippen LogP contribution is 2.32. The van der Waals surface area contributed by atoms with Crippen LogP contribution in [0.15, 0.2) is 121 Å². The molecule has 0 radical (unpaired) electrons. The molecular formula is C37H42O6. The van der Waals surface area contributed by atoms with Gasteiger partial charge in [-0.25, -0.2) is 0 Å². The molecule has 0 spiro atoms. The van der Waals surface area contributed by atoms with Crippen LogP contribution in [0.1, 0.15) is 40.6 Å². The van der Waals surface area contributed by atoms with E-state index < -0.39 is 56.9 Å². The van der Waals surface area contributed by atoms with E-state index in [9.17, 15) is 5.11 Å². The quantitative estimate of drug-likeness (QED) is 0.162. The van der Waals surface area contributed by atoms with Crippen LogP contribution in [-0.4, -0.2) is 48.8 Å². The largest absolute Gasteiger partial charge is 0.396 e. The van der Waals surface area contributed by atoms with Crippen molar-refractivity contribution < 1.29 is 34.3 Å². The Balaban J connectivity index is 1.51. The van der Waals surface area contributed by atoms with Gasteiger partial charge < -0.3 is 28.8 Å². The Morgan fingerprint density at radius 2 is 0.930 bits per heavy atom. The highest BCUT2D eigenvalue weighted by Gasteiger charge is 2.48. The summed E-state index contributed by atoms with van der Waals surface area (Å²) in [5.74, 6) is 0. The lowest BCUT2D eigenvalue weighted by molar-refractivity contribution is -0.273. The molecule has 0 aliphatic carbocycles. The number of hydrogen-bond donors (Lipinski definition) is 1. The molecule has 0 saturated carbocycles. The number of ether oxygens (including phenoxy) is 5. The van der Waals surface area contributed by atoms with E-state index in [2.05, 4.69) is 0 Å². The summed E-state index contributed by atoms with van der Waals surface area (Å²) < 4.78 is 67.6. The van der Waals surface area contributed by atoms with Gasteiger partial charge in [0, 0.05) is 6.61 Å². The Labute approximate surface area is 260 Å². The van der Waals surface area contributed by atoms with Gasteiger partial charge in [0.05, 0.1) is 44.5 Å². The number of aliphatic hydroxyl groups is 1. The van der Waals surface area contributed by atoms with Crippen molar-refractivity contribution in [1.29, 1.82) is 0 Å². The number of hydrogen-bond acceptors (Lipinski definition) is 6. The zero-order valence-corrected chi connectivity index (χ0v) is 24.1. The molecule has 4 aromatic carbocycles. The Kier molecular flexibility index (Phi) is 10.3. The second-order valence-electron chi connectivity index (χ2n) is 10.3. The summed E-state index contributed by atoms with van der Waals surface area (Å²) in [5.41, 5.74) is 2.52. The normalized spacial score (nSPS) is 26.2. The van der Waals surface area contributed by atoms with Crippen LogP contribution >= 0.6 is 0 Å². The molecule has 1 saturated heterocycles. The first-order valence-electron chi connectivity index (χ1n) is 17.0. The molecule has 1 aliphatic rings. The smallest absolute Gasteiger partial charge is 0.115 e. The predicted octanol–water partition coefficient (Wildman–Crippen LogP) is 6.50. The monoisotopic (exact) mass is 586 g/mol. The lowest BCUT2D eigenvalue weighted by atomic mass is 9.91. The van der Waals surface area contributed by atoms with Crippen LogP contribution in [0.3, 0.4) is 0 Å². The van der Waals surface area contributed by atoms with E-state index in [0.29, 0.717) is 35.1 Å². The number of benzene rings is 4. The summed E-state index contributed by atoms with van der Waals surface area (Å²) >= 11 is 0. The van der Waals surface area contributed by atoms with E-state index >= 15 is 0 Å². The van der Waals surface area contributed by atoms with Crippen LogP contribution in [0, 0.1) is 0 Å². The van der Waals surface area contributed by atoms with Crippen molar-refractivity contribution in [1.82, 2.24) is 0 Å². The van der Waals surface area contributed by atoms with Crippen molar-refractivity contribution in [2.24, 2.45) is 0 Å². The van der Waals surface area contributed by atoms with Crippen LogP contribution in [0.5, 0.6) is 0 Å². The third kappa shape index (κ3) is 9.57. The summed E-state index contributed by atoms with van der Waals surface area (Å²) in [6.07, 6.45) is -3.64. The molecule has 1 N–H and O–H groups in total. The standard InChI is InChI=1S/C37H42O6/c38-23-13-22-33-35(40-25-30-16-7-2-8-17-30)37(42-27-32-20-11-4-12-21-32)36(41-26-31-18-9-3-10-19-31)34(43-33)28-39-24-29-14-5-1-6-15-29/h1-12,14-21,33-38H,13,22-28H2/t33?,34-,35+,36-,37-/m1/s1/i24D,25D,26D,27D/t24?,25?,26?,27?,33?,34-,35+,36-,37-. The first-order valence-corrected chi connectivity index (χ1v) is 14.7. The molecule has 43 heavy (non-hydrogen) atoms. The maximum absolute atomic E-state index is 9.77. The van der Waals surface area contributed by atoms with Gasteiger partial charge in [0.1, 0.15) is 24.4 Å². The molecule has 0 amide bonds. The van der Waals surface area contributed by atoms with Crippen molar-refractivity contribution in [3.05, 3.63) is 144 Å². The maximum Gasteiger partial charge on any atom is 0.115 e. The van der Waals surface area contributed by atoms with Gasteiger partial charge in [-0.15, -0.1) is 0 Å². The van der Waals surface area contributed by atoms with E-state index in [0.717, 1.165) is 0 Å². The van der Waals surface area contributed by atoms with Gasteiger partial charge in [0.15, 0.2) is 0 Å². The fourth-order valence-electron chi connectivity index (χ4n) is 4.97. The van der Waals surface area contributed by atoms with E-state index in [-0.39, 0.29) is 13.2 Å². The Morgan fingerprint density at radius 1 is 0.535 bits per heavy atom. The summed E-state index contributed by atoms with van der Waals surface area (Å²) in [6, 6.07) is 36.5. The van der Waals surface area contributed by atoms with Crippen molar-refractivity contribution in [3.63, 3.8) is 0 Å². The SMILES string of the molecule is [2H]C(OC[C@H]1OC(CCCO)[C@H](OC([2H])c2ccccc2)[C@@H](OC([2H])c2ccccc2)[C@@H]1OC([2H])c1ccccc1)c1ccccc1. The minimum Gasteiger partial charge on any atom is -0.396 e. The topological polar surface area (TPSA) is 66.4 Å². The third-order valence-corrected chi connectivity index (χ3v) is 7.14. The van der Waals surface area contributed by atoms with Gasteiger partial charge in [-0.1, -0.05) is 121 Å². The van der Waals surface area contributed by atoms with Crippen LogP contribution in [0.4, 0.5) is 0 Å². The van der Waals surface area contributed by atoms with Crippen molar-refractivity contribution >= 4 is 0 Å². The first-order chi connectivity index (χ1) is 22.9. The van der Waals surface area contributed by atoms with Gasteiger partial charge in [-0.2, -0.15) is 0 Å². The van der Waals surface area contributed by atoms with Crippen LogP contribution in [0.2, 0.25) is 0 Å². The number of aliphatic hydroxyl groups excluding tert-OH is 1. The van der Waals surface area contributed by atoms with Gasteiger partial charge in [-0.3, -0.25) is 0 Å². The Morgan fingerprint density at radius 3 is 1.37 bits per heavy atom. The fraction of sp³-hybridized carbons (Fsp3) is 0.351. The van der Waals surface area contributed by atoms with Crippen LogP contribution in [-0.2, 0) is 50.0 Å². The van der Waals surface area contributed by atoms with Crippen molar-refractivity contribution in [2.75, 3.05) is 13.2 Å². The average Bonchev–Trinajstić information content (AvgIpc) is 3.13. The average molecular weight is 587 g/mol. The minimum atomic E-state index is -1.15. The zero-order chi connectivity index (χ0) is 33.0. The summed E-state index contributed by atoms with van der Waals surface area (Å²) in [5, 5.41) is 9.77. The molecule has 0 aromatic heterocycles. The molecule has 1 heterocycles. The molecule has 5 unspecified atom stereocenters. The summed E-state index contributed by atoms with van der Waals surface area (Å²) in [7, 11) is 0. The van der Waals surface area contributed by atoms with Crippen molar-refractivity contribution in [3.8, 4) is 0 Å². The molecule has 4 aromatic rings. The molecule has 1 fully saturated rings. The maximum atomic E-state index is 9.77. The molecule has 6 heteroatoms. The van der Waals surface area contributed by atoms with E-state index in [1.807, 2.05) is 84.9 Å². The lowest BCUT2D eigenvalue weighted by Crippen LogP contribution is -2.61. The van der Waals surface area contributed by atoms with Gasteiger partial charge in [0.25, 0.3) is 0 Å². The van der Waals surface area contributed by atoms with Gasteiger partial charge in [-0.05, 0) is 35.1 Å². The second kappa shape index (κ2) is 17.1. The number of rotatable bonds is 16. The Hall–Kier alpha value is -3.36. The molecule has 1 aliphatic heterocycles. The minimum absolute atomic E-state index is 0.0750. The molecule has 9 atom stereocenters. The van der Waals surface area contributed by atoms with E-state index in [1.54, 1.807) is 36.4 Å². The molecule has 0 bridgehead atoms. The summed E-state index contributed by atoms with van der Waals surface area (Å²) in [4.78, 5) is 0. The summed E-state index contributed by atoms with van der Waals surface area (Å²) in [6.45, 7) is -4.57. The van der Waals surface area contributed by atoms with E-state index in [4.69, 9.17) is 29.2 Å². The van der Waals surface area contributed by atoms with Crippen LogP contribution in [0.25, 0.3) is 0 Å². The van der Waals surface area contributed by atoms with Crippen molar-refractivity contribution in [2.45, 2.75) is 69.7 Å². The first kappa shape index (κ1) is 26.1. The zero-order valence-electron chi connectivity index (χ0n) is 28.1. The third-order valence-electron chi connectivity index (χ3n) is 7.14. The highest BCUT2D eigenvalue weighted by atomic mass is 16.6. The molecule has 5 rings (SSSR count). The highest BCUT2D eigenvalue weighted by molar-refractivity contribution is 5.16. The molecular weight excluding hydrogens is 540 g/mol. The fourth-order valence-corrected chi connectivity index (χ4v) is 4.97. The van der Waals surface area contributed by atoms with Gasteiger partial charge >= 0.3 is 0 Å².